The molecule has 0 spiro atoms. The molecule has 1 N–H and O–H groups in total. The van der Waals surface area contributed by atoms with Crippen LogP contribution in [0.2, 0.25) is 0 Å². The first-order chi connectivity index (χ1) is 7.02. The van der Waals surface area contributed by atoms with E-state index in [1.165, 1.54) is 0 Å². The molecule has 1 aliphatic heterocycles. The standard InChI is InChI=1S/C11H22N2O2/c1-9(2)13-7-4-6-12(11(13)15)8-5-10(3)14/h9-10,14H,4-8H2,1-3H3. The summed E-state index contributed by atoms with van der Waals surface area (Å²) in [5.74, 6) is 0. The summed E-state index contributed by atoms with van der Waals surface area (Å²) in [5, 5.41) is 9.19. The Kier molecular flexibility index (Phi) is 4.39. The van der Waals surface area contributed by atoms with Gasteiger partial charge in [-0.1, -0.05) is 0 Å². The van der Waals surface area contributed by atoms with E-state index in [1.54, 1.807) is 6.92 Å². The van der Waals surface area contributed by atoms with Gasteiger partial charge in [0, 0.05) is 25.7 Å². The summed E-state index contributed by atoms with van der Waals surface area (Å²) in [4.78, 5) is 15.7. The van der Waals surface area contributed by atoms with Gasteiger partial charge in [-0.25, -0.2) is 4.79 Å². The van der Waals surface area contributed by atoms with Crippen molar-refractivity contribution in [1.29, 1.82) is 0 Å². The number of hydrogen-bond acceptors (Lipinski definition) is 2. The van der Waals surface area contributed by atoms with Crippen LogP contribution in [-0.4, -0.2) is 52.7 Å². The van der Waals surface area contributed by atoms with Gasteiger partial charge in [0.1, 0.15) is 0 Å². The molecule has 0 aromatic heterocycles. The lowest BCUT2D eigenvalue weighted by Gasteiger charge is -2.38. The monoisotopic (exact) mass is 214 g/mol. The molecular formula is C11H22N2O2. The molecular weight excluding hydrogens is 192 g/mol. The van der Waals surface area contributed by atoms with Crippen LogP contribution < -0.4 is 0 Å². The van der Waals surface area contributed by atoms with Crippen molar-refractivity contribution in [2.75, 3.05) is 19.6 Å². The second-order valence-electron chi connectivity index (χ2n) is 4.55. The van der Waals surface area contributed by atoms with Crippen LogP contribution in [0.25, 0.3) is 0 Å². The van der Waals surface area contributed by atoms with Crippen LogP contribution in [0, 0.1) is 0 Å². The van der Waals surface area contributed by atoms with E-state index in [2.05, 4.69) is 0 Å². The summed E-state index contributed by atoms with van der Waals surface area (Å²) in [5.41, 5.74) is 0. The zero-order valence-corrected chi connectivity index (χ0v) is 9.94. The zero-order valence-electron chi connectivity index (χ0n) is 9.94. The fourth-order valence-corrected chi connectivity index (χ4v) is 1.83. The molecule has 88 valence electrons. The molecule has 1 unspecified atom stereocenters. The Morgan fingerprint density at radius 2 is 2.00 bits per heavy atom. The first-order valence-electron chi connectivity index (χ1n) is 5.76. The fraction of sp³-hybridized carbons (Fsp3) is 0.909. The summed E-state index contributed by atoms with van der Waals surface area (Å²) in [7, 11) is 0. The normalized spacial score (nSPS) is 19.9. The Hall–Kier alpha value is -0.770. The molecule has 1 atom stereocenters. The first-order valence-corrected chi connectivity index (χ1v) is 5.76. The van der Waals surface area contributed by atoms with E-state index in [9.17, 15) is 9.90 Å². The third-order valence-electron chi connectivity index (χ3n) is 2.78. The van der Waals surface area contributed by atoms with Crippen LogP contribution in [0.3, 0.4) is 0 Å². The highest BCUT2D eigenvalue weighted by molar-refractivity contribution is 5.75. The number of carbonyl (C=O) groups is 1. The Morgan fingerprint density at radius 1 is 1.33 bits per heavy atom. The van der Waals surface area contributed by atoms with Crippen molar-refractivity contribution in [2.24, 2.45) is 0 Å². The molecule has 0 aliphatic carbocycles. The number of urea groups is 1. The highest BCUT2D eigenvalue weighted by atomic mass is 16.3. The molecule has 0 aromatic rings. The minimum Gasteiger partial charge on any atom is -0.393 e. The van der Waals surface area contributed by atoms with E-state index in [4.69, 9.17) is 0 Å². The number of rotatable bonds is 4. The first kappa shape index (κ1) is 12.3. The lowest BCUT2D eigenvalue weighted by atomic mass is 10.2. The molecule has 15 heavy (non-hydrogen) atoms. The fourth-order valence-electron chi connectivity index (χ4n) is 1.83. The van der Waals surface area contributed by atoms with Gasteiger partial charge in [0.2, 0.25) is 0 Å². The molecule has 1 rings (SSSR count). The Labute approximate surface area is 91.9 Å². The quantitative estimate of drug-likeness (QED) is 0.766. The van der Waals surface area contributed by atoms with Crippen molar-refractivity contribution in [2.45, 2.75) is 45.8 Å². The maximum Gasteiger partial charge on any atom is 0.320 e. The molecule has 2 amide bonds. The van der Waals surface area contributed by atoms with Gasteiger partial charge in [-0.2, -0.15) is 0 Å². The molecule has 4 nitrogen and oxygen atoms in total. The third-order valence-corrected chi connectivity index (χ3v) is 2.78. The minimum absolute atomic E-state index is 0.122. The molecule has 1 aliphatic rings. The van der Waals surface area contributed by atoms with Crippen LogP contribution >= 0.6 is 0 Å². The highest BCUT2D eigenvalue weighted by Gasteiger charge is 2.26. The number of nitrogens with zero attached hydrogens (tertiary/aromatic N) is 2. The third kappa shape index (κ3) is 3.38. The van der Waals surface area contributed by atoms with E-state index in [0.29, 0.717) is 13.0 Å². The summed E-state index contributed by atoms with van der Waals surface area (Å²) >= 11 is 0. The van der Waals surface area contributed by atoms with Crippen LogP contribution in [0.15, 0.2) is 0 Å². The number of aliphatic hydroxyl groups excluding tert-OH is 1. The Bertz CT molecular complexity index is 217. The van der Waals surface area contributed by atoms with Crippen molar-refractivity contribution in [1.82, 2.24) is 9.80 Å². The highest BCUT2D eigenvalue weighted by Crippen LogP contribution is 2.13. The minimum atomic E-state index is -0.327. The lowest BCUT2D eigenvalue weighted by molar-refractivity contribution is 0.104. The molecule has 1 fully saturated rings. The predicted octanol–water partition coefficient (Wildman–Crippen LogP) is 1.29. The van der Waals surface area contributed by atoms with Crippen molar-refractivity contribution in [3.05, 3.63) is 0 Å². The maximum atomic E-state index is 11.9. The SMILES string of the molecule is CC(O)CCN1CCCN(C(C)C)C1=O. The van der Waals surface area contributed by atoms with Crippen molar-refractivity contribution in [3.8, 4) is 0 Å². The maximum absolute atomic E-state index is 11.9. The average Bonchev–Trinajstić information content (AvgIpc) is 2.15. The van der Waals surface area contributed by atoms with Gasteiger partial charge in [-0.3, -0.25) is 0 Å². The second kappa shape index (κ2) is 5.35. The lowest BCUT2D eigenvalue weighted by Crippen LogP contribution is -2.52. The van der Waals surface area contributed by atoms with Gasteiger partial charge in [-0.15, -0.1) is 0 Å². The van der Waals surface area contributed by atoms with Gasteiger partial charge in [0.25, 0.3) is 0 Å². The topological polar surface area (TPSA) is 43.8 Å². The largest absolute Gasteiger partial charge is 0.393 e. The smallest absolute Gasteiger partial charge is 0.320 e. The van der Waals surface area contributed by atoms with E-state index in [-0.39, 0.29) is 18.2 Å². The number of carbonyl (C=O) groups excluding carboxylic acids is 1. The van der Waals surface area contributed by atoms with Crippen molar-refractivity contribution < 1.29 is 9.90 Å². The van der Waals surface area contributed by atoms with Gasteiger partial charge in [0.15, 0.2) is 0 Å². The van der Waals surface area contributed by atoms with Gasteiger partial charge < -0.3 is 14.9 Å². The molecule has 0 aromatic carbocycles. The van der Waals surface area contributed by atoms with Gasteiger partial charge >= 0.3 is 6.03 Å². The molecule has 0 radical (unpaired) electrons. The van der Waals surface area contributed by atoms with Crippen LogP contribution in [0.1, 0.15) is 33.6 Å². The zero-order chi connectivity index (χ0) is 11.4. The average molecular weight is 214 g/mol. The molecule has 1 saturated heterocycles. The van der Waals surface area contributed by atoms with E-state index < -0.39 is 0 Å². The number of amides is 2. The summed E-state index contributed by atoms with van der Waals surface area (Å²) in [6.07, 6.45) is 1.37. The Balaban J connectivity index is 2.47. The Morgan fingerprint density at radius 3 is 2.53 bits per heavy atom. The van der Waals surface area contributed by atoms with Crippen LogP contribution in [0.4, 0.5) is 4.79 Å². The van der Waals surface area contributed by atoms with Gasteiger partial charge in [-0.05, 0) is 33.6 Å². The molecule has 1 heterocycles. The van der Waals surface area contributed by atoms with E-state index in [1.807, 2.05) is 23.6 Å². The van der Waals surface area contributed by atoms with Crippen LogP contribution in [0.5, 0.6) is 0 Å². The second-order valence-corrected chi connectivity index (χ2v) is 4.55. The number of hydrogen-bond donors (Lipinski definition) is 1. The molecule has 0 bridgehead atoms. The summed E-state index contributed by atoms with van der Waals surface area (Å²) in [6, 6.07) is 0.392. The van der Waals surface area contributed by atoms with E-state index in [0.717, 1.165) is 19.5 Å². The van der Waals surface area contributed by atoms with Crippen LogP contribution in [-0.2, 0) is 0 Å². The van der Waals surface area contributed by atoms with Crippen molar-refractivity contribution in [3.63, 3.8) is 0 Å². The number of aliphatic hydroxyl groups is 1. The van der Waals surface area contributed by atoms with Gasteiger partial charge in [0.05, 0.1) is 6.10 Å². The molecule has 0 saturated carbocycles. The summed E-state index contributed by atoms with van der Waals surface area (Å²) in [6.45, 7) is 8.19. The van der Waals surface area contributed by atoms with E-state index >= 15 is 0 Å². The predicted molar refractivity (Wildman–Crippen MR) is 59.7 cm³/mol. The molecule has 4 heteroatoms. The van der Waals surface area contributed by atoms with Crippen molar-refractivity contribution >= 4 is 6.03 Å². The summed E-state index contributed by atoms with van der Waals surface area (Å²) < 4.78 is 0.